The van der Waals surface area contributed by atoms with Gasteiger partial charge in [0, 0.05) is 25.3 Å². The summed E-state index contributed by atoms with van der Waals surface area (Å²) < 4.78 is 0. The molecule has 0 saturated carbocycles. The first-order chi connectivity index (χ1) is 9.47. The first-order valence-electron chi connectivity index (χ1n) is 6.27. The van der Waals surface area contributed by atoms with Crippen molar-refractivity contribution >= 4 is 11.4 Å². The molecule has 1 N–H and O–H groups in total. The van der Waals surface area contributed by atoms with E-state index in [9.17, 15) is 10.1 Å². The van der Waals surface area contributed by atoms with Crippen molar-refractivity contribution in [3.8, 4) is 11.1 Å². The Kier molecular flexibility index (Phi) is 3.89. The molecule has 2 aromatic carbocycles. The van der Waals surface area contributed by atoms with E-state index in [0.29, 0.717) is 5.69 Å². The predicted octanol–water partition coefficient (Wildman–Crippen LogP) is 3.33. The molecule has 20 heavy (non-hydrogen) atoms. The van der Waals surface area contributed by atoms with Crippen LogP contribution in [0.25, 0.3) is 11.1 Å². The lowest BCUT2D eigenvalue weighted by atomic mass is 10.0. The molecule has 0 bridgehead atoms. The zero-order valence-corrected chi connectivity index (χ0v) is 11.8. The number of hydrazine groups is 1. The van der Waals surface area contributed by atoms with Crippen molar-refractivity contribution in [3.05, 3.63) is 58.1 Å². The quantitative estimate of drug-likeness (QED) is 0.684. The molecule has 104 valence electrons. The van der Waals surface area contributed by atoms with Gasteiger partial charge in [0.1, 0.15) is 5.69 Å². The highest BCUT2D eigenvalue weighted by Crippen LogP contribution is 2.30. The van der Waals surface area contributed by atoms with Crippen molar-refractivity contribution in [1.29, 1.82) is 0 Å². The number of nitrogens with one attached hydrogen (secondary N) is 1. The summed E-state index contributed by atoms with van der Waals surface area (Å²) in [6.45, 7) is 1.91. The van der Waals surface area contributed by atoms with Gasteiger partial charge in [-0.25, -0.2) is 10.1 Å². The number of nitro groups is 1. The third kappa shape index (κ3) is 3.06. The van der Waals surface area contributed by atoms with Crippen LogP contribution < -0.4 is 10.3 Å². The molecule has 0 amide bonds. The number of hydrogen-bond acceptors (Lipinski definition) is 3. The lowest BCUT2D eigenvalue weighted by molar-refractivity contribution is -0.445. The average Bonchev–Trinajstić information content (AvgIpc) is 2.38. The molecule has 0 atom stereocenters. The number of rotatable bonds is 4. The molecule has 0 radical (unpaired) electrons. The van der Waals surface area contributed by atoms with Crippen LogP contribution in [-0.4, -0.2) is 19.1 Å². The van der Waals surface area contributed by atoms with Crippen molar-refractivity contribution < 1.29 is 5.03 Å². The SMILES string of the molecule is Cc1ccc(-c2ccc(N(C)C)cc2)c(N[N+](=O)[O-])c1. The van der Waals surface area contributed by atoms with Crippen LogP contribution in [0.2, 0.25) is 0 Å². The molecule has 5 heteroatoms. The summed E-state index contributed by atoms with van der Waals surface area (Å²) in [4.78, 5) is 12.7. The van der Waals surface area contributed by atoms with Gasteiger partial charge in [-0.2, -0.15) is 0 Å². The molecule has 0 aliphatic rings. The average molecular weight is 271 g/mol. The minimum absolute atomic E-state index is 0.507. The summed E-state index contributed by atoms with van der Waals surface area (Å²) >= 11 is 0. The van der Waals surface area contributed by atoms with Crippen LogP contribution in [0.3, 0.4) is 0 Å². The molecule has 0 aliphatic carbocycles. The van der Waals surface area contributed by atoms with Crippen molar-refractivity contribution in [1.82, 2.24) is 0 Å². The first-order valence-corrected chi connectivity index (χ1v) is 6.27. The van der Waals surface area contributed by atoms with Crippen LogP contribution in [0.15, 0.2) is 42.5 Å². The molecule has 0 spiro atoms. The number of aryl methyl sites for hydroxylation is 1. The molecular formula is C15H17N3O2. The highest BCUT2D eigenvalue weighted by Gasteiger charge is 2.09. The second kappa shape index (κ2) is 5.61. The van der Waals surface area contributed by atoms with Gasteiger partial charge >= 0.3 is 0 Å². The van der Waals surface area contributed by atoms with Crippen molar-refractivity contribution in [2.24, 2.45) is 0 Å². The van der Waals surface area contributed by atoms with Gasteiger partial charge in [0.15, 0.2) is 5.03 Å². The molecule has 0 fully saturated rings. The topological polar surface area (TPSA) is 58.4 Å². The number of benzene rings is 2. The minimum Gasteiger partial charge on any atom is -0.378 e. The van der Waals surface area contributed by atoms with Gasteiger partial charge < -0.3 is 4.90 Å². The Bertz CT molecular complexity index is 622. The predicted molar refractivity (Wildman–Crippen MR) is 81.6 cm³/mol. The van der Waals surface area contributed by atoms with E-state index in [-0.39, 0.29) is 0 Å². The van der Waals surface area contributed by atoms with E-state index in [1.165, 1.54) is 0 Å². The normalized spacial score (nSPS) is 10.2. The second-order valence-corrected chi connectivity index (χ2v) is 4.86. The standard InChI is InChI=1S/C15H17N3O2/c1-11-4-9-14(15(10-11)16-18(19)20)12-5-7-13(8-6-12)17(2)3/h4-10,16H,1-3H3. The summed E-state index contributed by atoms with van der Waals surface area (Å²) in [6, 6.07) is 13.5. The van der Waals surface area contributed by atoms with Crippen molar-refractivity contribution in [3.63, 3.8) is 0 Å². The van der Waals surface area contributed by atoms with Gasteiger partial charge in [-0.05, 0) is 36.2 Å². The van der Waals surface area contributed by atoms with Gasteiger partial charge in [-0.3, -0.25) is 0 Å². The van der Waals surface area contributed by atoms with Crippen molar-refractivity contribution in [2.75, 3.05) is 24.4 Å². The Morgan fingerprint density at radius 3 is 2.30 bits per heavy atom. The fraction of sp³-hybridized carbons (Fsp3) is 0.200. The zero-order valence-electron chi connectivity index (χ0n) is 11.8. The maximum atomic E-state index is 10.7. The van der Waals surface area contributed by atoms with Gasteiger partial charge in [-0.1, -0.05) is 24.3 Å². The first kappa shape index (κ1) is 13.9. The van der Waals surface area contributed by atoms with E-state index in [0.717, 1.165) is 22.4 Å². The largest absolute Gasteiger partial charge is 0.378 e. The smallest absolute Gasteiger partial charge is 0.162 e. The minimum atomic E-state index is -0.535. The highest BCUT2D eigenvalue weighted by molar-refractivity contribution is 5.78. The van der Waals surface area contributed by atoms with Crippen LogP contribution >= 0.6 is 0 Å². The van der Waals surface area contributed by atoms with Crippen LogP contribution in [0.1, 0.15) is 5.56 Å². The number of nitrogens with zero attached hydrogens (tertiary/aromatic N) is 2. The van der Waals surface area contributed by atoms with Crippen molar-refractivity contribution in [2.45, 2.75) is 6.92 Å². The van der Waals surface area contributed by atoms with Crippen LogP contribution in [-0.2, 0) is 0 Å². The Hall–Kier alpha value is -2.56. The molecule has 0 unspecified atom stereocenters. The Morgan fingerprint density at radius 2 is 1.75 bits per heavy atom. The van der Waals surface area contributed by atoms with Gasteiger partial charge in [0.2, 0.25) is 0 Å². The zero-order chi connectivity index (χ0) is 14.7. The molecule has 0 saturated heterocycles. The monoisotopic (exact) mass is 271 g/mol. The van der Waals surface area contributed by atoms with Crippen LogP contribution in [0.5, 0.6) is 0 Å². The lowest BCUT2D eigenvalue weighted by Crippen LogP contribution is -2.09. The molecule has 2 aromatic rings. The van der Waals surface area contributed by atoms with Crippen LogP contribution in [0.4, 0.5) is 11.4 Å². The van der Waals surface area contributed by atoms with Gasteiger partial charge in [0.25, 0.3) is 0 Å². The van der Waals surface area contributed by atoms with E-state index in [1.807, 2.05) is 62.3 Å². The van der Waals surface area contributed by atoms with E-state index in [2.05, 4.69) is 5.43 Å². The summed E-state index contributed by atoms with van der Waals surface area (Å²) in [7, 11) is 3.95. The third-order valence-corrected chi connectivity index (χ3v) is 3.08. The fourth-order valence-corrected chi connectivity index (χ4v) is 2.04. The molecular weight excluding hydrogens is 254 g/mol. The summed E-state index contributed by atoms with van der Waals surface area (Å²) in [6.07, 6.45) is 0. The van der Waals surface area contributed by atoms with Gasteiger partial charge in [0.05, 0.1) is 0 Å². The lowest BCUT2D eigenvalue weighted by Gasteiger charge is -2.13. The van der Waals surface area contributed by atoms with Gasteiger partial charge in [-0.15, -0.1) is 5.43 Å². The Balaban J connectivity index is 2.43. The van der Waals surface area contributed by atoms with Crippen LogP contribution in [0, 0.1) is 17.0 Å². The fourth-order valence-electron chi connectivity index (χ4n) is 2.04. The maximum Gasteiger partial charge on any atom is 0.162 e. The maximum absolute atomic E-state index is 10.7. The highest BCUT2D eigenvalue weighted by atomic mass is 16.7. The number of hydrogen-bond donors (Lipinski definition) is 1. The van der Waals surface area contributed by atoms with E-state index in [4.69, 9.17) is 0 Å². The Morgan fingerprint density at radius 1 is 1.10 bits per heavy atom. The number of anilines is 2. The summed E-state index contributed by atoms with van der Waals surface area (Å²) in [5.74, 6) is 0. The third-order valence-electron chi connectivity index (χ3n) is 3.08. The van der Waals surface area contributed by atoms with E-state index >= 15 is 0 Å². The molecule has 0 aliphatic heterocycles. The molecule has 0 aromatic heterocycles. The summed E-state index contributed by atoms with van der Waals surface area (Å²) in [5.41, 5.74) is 6.59. The second-order valence-electron chi connectivity index (χ2n) is 4.86. The van der Waals surface area contributed by atoms with E-state index < -0.39 is 5.03 Å². The molecule has 0 heterocycles. The van der Waals surface area contributed by atoms with E-state index in [1.54, 1.807) is 6.07 Å². The summed E-state index contributed by atoms with van der Waals surface area (Å²) in [5, 5.41) is 10.2. The molecule has 5 nitrogen and oxygen atoms in total. The Labute approximate surface area is 118 Å². The molecule has 2 rings (SSSR count).